The minimum atomic E-state index is -1.08. The Morgan fingerprint density at radius 2 is 0.762 bits per heavy atom. The Bertz CT molecular complexity index is 3590. The summed E-state index contributed by atoms with van der Waals surface area (Å²) in [5.74, 6) is 0. The second-order valence-corrected chi connectivity index (χ2v) is 8.83. The summed E-state index contributed by atoms with van der Waals surface area (Å²) >= 11 is 0. The third-order valence-corrected chi connectivity index (χ3v) is 6.45. The van der Waals surface area contributed by atoms with Gasteiger partial charge in [0, 0.05) is 0 Å². The van der Waals surface area contributed by atoms with Crippen molar-refractivity contribution in [2.75, 3.05) is 0 Å². The monoisotopic (exact) mass is 559 g/mol. The van der Waals surface area contributed by atoms with Crippen molar-refractivity contribution in [2.45, 2.75) is 0 Å². The van der Waals surface area contributed by atoms with Crippen LogP contribution in [0.2, 0.25) is 0 Å². The van der Waals surface area contributed by atoms with Crippen molar-refractivity contribution in [3.05, 3.63) is 169 Å². The lowest BCUT2D eigenvalue weighted by Crippen LogP contribution is -1.92. The molecule has 0 nitrogen and oxygen atoms in total. The second kappa shape index (κ2) is 10.2. The number of benzene rings is 8. The van der Waals surface area contributed by atoms with E-state index in [0.717, 1.165) is 6.07 Å². The highest BCUT2D eigenvalue weighted by Gasteiger charge is 2.18. The van der Waals surface area contributed by atoms with Crippen molar-refractivity contribution in [1.82, 2.24) is 0 Å². The van der Waals surface area contributed by atoms with Crippen LogP contribution < -0.4 is 0 Å². The predicted molar refractivity (Wildman–Crippen MR) is 181 cm³/mol. The summed E-state index contributed by atoms with van der Waals surface area (Å²) in [6.45, 7) is 0. The second-order valence-electron chi connectivity index (χ2n) is 8.83. The Hall–Kier alpha value is -5.46. The number of hydrogen-bond acceptors (Lipinski definition) is 0. The van der Waals surface area contributed by atoms with E-state index in [1.165, 1.54) is 0 Å². The van der Waals surface area contributed by atoms with Gasteiger partial charge >= 0.3 is 0 Å². The van der Waals surface area contributed by atoms with Gasteiger partial charge in [0.1, 0.15) is 0 Å². The molecule has 0 aromatic heterocycles. The summed E-state index contributed by atoms with van der Waals surface area (Å²) in [7, 11) is 0. The Kier molecular flexibility index (Phi) is 2.25. The molecule has 0 heterocycles. The quantitative estimate of drug-likeness (QED) is 0.188. The fraction of sp³-hybridized carbons (Fsp3) is 0. The molecule has 0 atom stereocenters. The number of rotatable bonds is 4. The Labute approximate surface area is 284 Å². The molecule has 0 radical (unpaired) electrons. The highest BCUT2D eigenvalue weighted by molar-refractivity contribution is 6.22. The maximum Gasteiger partial charge on any atom is 0.0636 e. The van der Waals surface area contributed by atoms with Gasteiger partial charge in [-0.2, -0.15) is 0 Å². The first-order valence-electron chi connectivity index (χ1n) is 25.8. The van der Waals surface area contributed by atoms with Gasteiger partial charge in [-0.1, -0.05) is 145 Å². The van der Waals surface area contributed by atoms with Gasteiger partial charge in [0.25, 0.3) is 0 Å². The van der Waals surface area contributed by atoms with Crippen molar-refractivity contribution < 1.29 is 37.0 Å². The van der Waals surface area contributed by atoms with Crippen LogP contribution in [0.5, 0.6) is 0 Å². The van der Waals surface area contributed by atoms with Crippen molar-refractivity contribution in [3.8, 4) is 44.5 Å². The molecule has 0 N–H and O–H groups in total. The number of fused-ring (bicyclic) bond motifs is 3. The predicted octanol–water partition coefficient (Wildman–Crippen LogP) is 11.8. The van der Waals surface area contributed by atoms with Crippen LogP contribution in [-0.2, 0) is 0 Å². The first kappa shape index (κ1) is 9.28. The van der Waals surface area contributed by atoms with Crippen LogP contribution in [0.4, 0.5) is 0 Å². The third-order valence-electron chi connectivity index (χ3n) is 6.45. The van der Waals surface area contributed by atoms with E-state index in [4.69, 9.17) is 26.0 Å². The van der Waals surface area contributed by atoms with Crippen LogP contribution in [0.3, 0.4) is 0 Å². The Morgan fingerprint density at radius 3 is 1.40 bits per heavy atom. The molecule has 8 aromatic carbocycles. The van der Waals surface area contributed by atoms with E-state index < -0.39 is 240 Å². The minimum absolute atomic E-state index is 0.548. The van der Waals surface area contributed by atoms with Gasteiger partial charge in [0.05, 0.1) is 37.0 Å². The lowest BCUT2D eigenvalue weighted by molar-refractivity contribution is 1.58. The van der Waals surface area contributed by atoms with Gasteiger partial charge in [-0.15, -0.1) is 0 Å². The van der Waals surface area contributed by atoms with Gasteiger partial charge in [0.15, 0.2) is 0 Å². The van der Waals surface area contributed by atoms with Gasteiger partial charge in [-0.05, 0) is 101 Å². The molecule has 0 aliphatic carbocycles. The lowest BCUT2D eigenvalue weighted by atomic mass is 9.84. The first-order chi connectivity index (χ1) is 32.1. The molecule has 42 heavy (non-hydrogen) atoms. The fourth-order valence-electron chi connectivity index (χ4n) is 4.70. The summed E-state index contributed by atoms with van der Waals surface area (Å²) < 4.78 is 240. The zero-order chi connectivity index (χ0) is 51.4. The average Bonchev–Trinajstić information content (AvgIpc) is 3.31. The molecule has 0 amide bonds. The van der Waals surface area contributed by atoms with Crippen LogP contribution in [0.1, 0.15) is 37.0 Å². The van der Waals surface area contributed by atoms with E-state index in [1.54, 1.807) is 0 Å². The Morgan fingerprint density at radius 1 is 0.286 bits per heavy atom. The van der Waals surface area contributed by atoms with Crippen molar-refractivity contribution >= 4 is 32.3 Å². The molecule has 0 saturated carbocycles. The molecule has 0 heteroatoms. The molecular formula is C42H28. The van der Waals surface area contributed by atoms with Gasteiger partial charge in [-0.3, -0.25) is 0 Å². The highest BCUT2D eigenvalue weighted by atomic mass is 14.2. The zero-order valence-corrected chi connectivity index (χ0v) is 21.1. The normalized spacial score (nSPS) is 20.3. The topological polar surface area (TPSA) is 0 Å². The van der Waals surface area contributed by atoms with Crippen molar-refractivity contribution in [2.24, 2.45) is 0 Å². The summed E-state index contributed by atoms with van der Waals surface area (Å²) in [5, 5.41) is -3.81. The standard InChI is InChI=1S/C42H28/c1-3-13-29(14-4-1)34-26-35(30-15-5-2-6-16-30)28-36(27-34)42-39-21-11-9-19-37(39)41(38-20-10-12-22-40(38)42)33-24-23-31-17-7-8-18-32(31)25-33/h1-28H/i1D,2D,3D,4D,5D,6D,7D,8D,9D,10D,11D,12D,13D,14D,15D,16D,17D,18D,19D,20D,21D,23D,24D,25D,26D,27D,28D. The summed E-state index contributed by atoms with van der Waals surface area (Å²) in [6.07, 6.45) is 0. The molecule has 0 bridgehead atoms. The first-order valence-corrected chi connectivity index (χ1v) is 12.3. The summed E-state index contributed by atoms with van der Waals surface area (Å²) in [6, 6.07) is -24.6. The smallest absolute Gasteiger partial charge is 0.0622 e. The third kappa shape index (κ3) is 4.17. The largest absolute Gasteiger partial charge is 0.0636 e. The van der Waals surface area contributed by atoms with Crippen LogP contribution in [0.15, 0.2) is 169 Å². The fourth-order valence-corrected chi connectivity index (χ4v) is 4.70. The highest BCUT2D eigenvalue weighted by Crippen LogP contribution is 2.45. The Balaban J connectivity index is 1.78. The summed E-state index contributed by atoms with van der Waals surface area (Å²) in [5.41, 5.74) is -6.46. The van der Waals surface area contributed by atoms with E-state index in [0.29, 0.717) is 0 Å². The van der Waals surface area contributed by atoms with Crippen LogP contribution >= 0.6 is 0 Å². The van der Waals surface area contributed by atoms with E-state index in [1.807, 2.05) is 0 Å². The molecule has 0 fully saturated rings. The molecule has 196 valence electrons. The average molecular weight is 560 g/mol. The van der Waals surface area contributed by atoms with Gasteiger partial charge in [0.2, 0.25) is 0 Å². The van der Waals surface area contributed by atoms with Crippen molar-refractivity contribution in [1.29, 1.82) is 0 Å². The van der Waals surface area contributed by atoms with Crippen LogP contribution in [-0.4, -0.2) is 0 Å². The van der Waals surface area contributed by atoms with Crippen molar-refractivity contribution in [3.63, 3.8) is 0 Å². The number of hydrogen-bond donors (Lipinski definition) is 0. The van der Waals surface area contributed by atoms with Gasteiger partial charge < -0.3 is 0 Å². The molecular weight excluding hydrogens is 504 g/mol. The van der Waals surface area contributed by atoms with E-state index in [9.17, 15) is 11.0 Å². The maximum absolute atomic E-state index is 9.83. The SMILES string of the molecule is [2H]c1cc2c(-c3c([2H])c(-c4c([2H])c([2H])c([2H])c([2H])c4[2H])c([2H])c(-c4c([2H])c([2H])c([2H])c([2H])c4[2H])c3[2H])c3c([2H])c([2H])c([2H])c([2H])c3c(-c3c([2H])c([2H])c4c([2H])c([2H])c([2H])c([2H])c4c3[2H])c2c([2H])c1[2H]. The minimum Gasteiger partial charge on any atom is -0.0622 e. The lowest BCUT2D eigenvalue weighted by Gasteiger charge is -2.19. The zero-order valence-electron chi connectivity index (χ0n) is 48.1. The molecule has 0 saturated heterocycles. The van der Waals surface area contributed by atoms with Crippen LogP contribution in [0.25, 0.3) is 76.8 Å². The molecule has 8 rings (SSSR count). The van der Waals surface area contributed by atoms with Gasteiger partial charge in [-0.25, -0.2) is 0 Å². The van der Waals surface area contributed by atoms with E-state index in [-0.39, 0.29) is 0 Å². The molecule has 0 unspecified atom stereocenters. The maximum atomic E-state index is 9.83. The molecule has 0 aliphatic rings. The molecule has 8 aromatic rings. The molecule has 0 spiro atoms. The van der Waals surface area contributed by atoms with Crippen LogP contribution in [0, 0.1) is 0 Å². The molecule has 0 aliphatic heterocycles. The van der Waals surface area contributed by atoms with E-state index in [2.05, 4.69) is 0 Å². The summed E-state index contributed by atoms with van der Waals surface area (Å²) in [4.78, 5) is 0. The van der Waals surface area contributed by atoms with E-state index >= 15 is 0 Å².